The lowest BCUT2D eigenvalue weighted by Gasteiger charge is -2.40. The maximum absolute atomic E-state index is 13.5. The van der Waals surface area contributed by atoms with Crippen molar-refractivity contribution in [1.82, 2.24) is 9.80 Å². The van der Waals surface area contributed by atoms with Crippen LogP contribution in [0.1, 0.15) is 36.0 Å². The van der Waals surface area contributed by atoms with Crippen molar-refractivity contribution in [2.24, 2.45) is 5.92 Å². The molecule has 2 fully saturated rings. The number of carbonyl (C=O) groups is 2. The average molecular weight is 504 g/mol. The molecule has 1 N–H and O–H groups in total. The highest BCUT2D eigenvalue weighted by atomic mass is 35.5. The summed E-state index contributed by atoms with van der Waals surface area (Å²) in [5, 5.41) is 3.94. The van der Waals surface area contributed by atoms with Gasteiger partial charge in [0.2, 0.25) is 12.7 Å². The number of hydrogen-bond donors (Lipinski definition) is 1. The highest BCUT2D eigenvalue weighted by Gasteiger charge is 2.37. The predicted molar refractivity (Wildman–Crippen MR) is 131 cm³/mol. The van der Waals surface area contributed by atoms with Gasteiger partial charge in [-0.3, -0.25) is 14.5 Å². The topological polar surface area (TPSA) is 71.1 Å². The lowest BCUT2D eigenvalue weighted by atomic mass is 9.94. The van der Waals surface area contributed by atoms with Gasteiger partial charge < -0.3 is 19.7 Å². The molecule has 0 aromatic heterocycles. The Labute approximate surface area is 208 Å². The van der Waals surface area contributed by atoms with Crippen LogP contribution >= 0.6 is 23.2 Å². The molecule has 1 aliphatic carbocycles. The van der Waals surface area contributed by atoms with Gasteiger partial charge in [0.25, 0.3) is 5.91 Å². The minimum atomic E-state index is -0.232. The van der Waals surface area contributed by atoms with Crippen molar-refractivity contribution in [3.05, 3.63) is 52.0 Å². The summed E-state index contributed by atoms with van der Waals surface area (Å²) in [6, 6.07) is 10.1. The van der Waals surface area contributed by atoms with Gasteiger partial charge in [-0.15, -0.1) is 0 Å². The Balaban J connectivity index is 1.27. The van der Waals surface area contributed by atoms with Gasteiger partial charge in [-0.05, 0) is 49.1 Å². The summed E-state index contributed by atoms with van der Waals surface area (Å²) in [7, 11) is 0. The van der Waals surface area contributed by atoms with Crippen LogP contribution in [-0.2, 0) is 4.79 Å². The maximum atomic E-state index is 13.5. The fourth-order valence-corrected chi connectivity index (χ4v) is 5.67. The minimum absolute atomic E-state index is 0.00807. The molecule has 180 valence electrons. The molecule has 2 aromatic rings. The summed E-state index contributed by atoms with van der Waals surface area (Å²) in [5.41, 5.74) is 1.15. The number of fused-ring (bicyclic) bond motifs is 1. The maximum Gasteiger partial charge on any atom is 0.255 e. The van der Waals surface area contributed by atoms with E-state index in [-0.39, 0.29) is 24.6 Å². The van der Waals surface area contributed by atoms with E-state index in [9.17, 15) is 9.59 Å². The number of ether oxygens (including phenoxy) is 2. The number of anilines is 1. The molecule has 9 heteroatoms. The van der Waals surface area contributed by atoms with E-state index in [1.165, 1.54) is 0 Å². The first-order chi connectivity index (χ1) is 16.5. The molecular weight excluding hydrogens is 477 g/mol. The van der Waals surface area contributed by atoms with Crippen LogP contribution in [0.25, 0.3) is 0 Å². The van der Waals surface area contributed by atoms with Crippen molar-refractivity contribution in [1.29, 1.82) is 0 Å². The summed E-state index contributed by atoms with van der Waals surface area (Å²) in [4.78, 5) is 30.5. The normalized spacial score (nSPS) is 19.3. The molecule has 7 nitrogen and oxygen atoms in total. The second kappa shape index (κ2) is 10.0. The van der Waals surface area contributed by atoms with Crippen LogP contribution in [0.3, 0.4) is 0 Å². The Morgan fingerprint density at radius 3 is 2.41 bits per heavy atom. The smallest absolute Gasteiger partial charge is 0.255 e. The summed E-state index contributed by atoms with van der Waals surface area (Å²) in [5.74, 6) is 1.52. The number of rotatable bonds is 5. The van der Waals surface area contributed by atoms with E-state index in [0.717, 1.165) is 25.7 Å². The molecule has 0 radical (unpaired) electrons. The number of nitrogens with one attached hydrogen (secondary N) is 1. The number of carbonyl (C=O) groups excluding carboxylic acids is 2. The van der Waals surface area contributed by atoms with Crippen LogP contribution in [0, 0.1) is 5.92 Å². The quantitative estimate of drug-likeness (QED) is 0.641. The third-order valence-electron chi connectivity index (χ3n) is 6.91. The van der Waals surface area contributed by atoms with E-state index in [1.54, 1.807) is 29.2 Å². The van der Waals surface area contributed by atoms with Gasteiger partial charge in [0, 0.05) is 43.0 Å². The van der Waals surface area contributed by atoms with Gasteiger partial charge >= 0.3 is 0 Å². The Hall–Kier alpha value is -2.48. The van der Waals surface area contributed by atoms with Gasteiger partial charge in [-0.25, -0.2) is 0 Å². The summed E-state index contributed by atoms with van der Waals surface area (Å²) >= 11 is 12.2. The first-order valence-corrected chi connectivity index (χ1v) is 12.4. The van der Waals surface area contributed by atoms with Gasteiger partial charge in [-0.2, -0.15) is 0 Å². The Bertz CT molecular complexity index is 1080. The number of amides is 2. The van der Waals surface area contributed by atoms with E-state index in [2.05, 4.69) is 10.2 Å². The van der Waals surface area contributed by atoms with Crippen LogP contribution in [-0.4, -0.2) is 60.6 Å². The Morgan fingerprint density at radius 1 is 0.941 bits per heavy atom. The SMILES string of the molecule is O=C(Nc1ccc2c(c1)OCO2)[C@@H](C1CCCC1)N1CCN(C(=O)c2ccc(Cl)cc2Cl)CC1. The largest absolute Gasteiger partial charge is 0.454 e. The van der Waals surface area contributed by atoms with Gasteiger partial charge in [-0.1, -0.05) is 36.0 Å². The number of hydrogen-bond acceptors (Lipinski definition) is 5. The molecule has 1 saturated carbocycles. The Kier molecular flexibility index (Phi) is 6.86. The second-order valence-corrected chi connectivity index (χ2v) is 9.84. The number of nitrogens with zero attached hydrogens (tertiary/aromatic N) is 2. The Morgan fingerprint density at radius 2 is 1.68 bits per heavy atom. The van der Waals surface area contributed by atoms with Crippen molar-refractivity contribution in [3.63, 3.8) is 0 Å². The molecule has 2 aromatic carbocycles. The molecule has 1 saturated heterocycles. The zero-order chi connectivity index (χ0) is 23.7. The second-order valence-electron chi connectivity index (χ2n) is 9.00. The lowest BCUT2D eigenvalue weighted by Crippen LogP contribution is -2.57. The van der Waals surface area contributed by atoms with Gasteiger partial charge in [0.05, 0.1) is 16.6 Å². The van der Waals surface area contributed by atoms with Crippen molar-refractivity contribution in [2.75, 3.05) is 38.3 Å². The molecule has 34 heavy (non-hydrogen) atoms. The third kappa shape index (κ3) is 4.83. The first kappa shape index (κ1) is 23.3. The number of benzene rings is 2. The van der Waals surface area contributed by atoms with Crippen molar-refractivity contribution >= 4 is 40.7 Å². The van der Waals surface area contributed by atoms with Crippen LogP contribution in [0.4, 0.5) is 5.69 Å². The van der Waals surface area contributed by atoms with Crippen molar-refractivity contribution in [2.45, 2.75) is 31.7 Å². The molecule has 0 unspecified atom stereocenters. The van der Waals surface area contributed by atoms with Crippen LogP contribution in [0.2, 0.25) is 10.0 Å². The third-order valence-corrected chi connectivity index (χ3v) is 7.46. The standard InChI is InChI=1S/C25H27Cl2N3O4/c26-17-5-7-19(20(27)13-17)25(32)30-11-9-29(10-12-30)23(16-3-1-2-4-16)24(31)28-18-6-8-21-22(14-18)34-15-33-21/h5-8,13-14,16,23H,1-4,9-12,15H2,(H,28,31)/t23-/m1/s1. The molecule has 2 heterocycles. The summed E-state index contributed by atoms with van der Waals surface area (Å²) in [6.07, 6.45) is 4.37. The summed E-state index contributed by atoms with van der Waals surface area (Å²) in [6.45, 7) is 2.54. The molecule has 5 rings (SSSR count). The molecule has 3 aliphatic rings. The predicted octanol–water partition coefficient (Wildman–Crippen LogP) is 4.68. The van der Waals surface area contributed by atoms with E-state index >= 15 is 0 Å². The highest BCUT2D eigenvalue weighted by molar-refractivity contribution is 6.36. The van der Waals surface area contributed by atoms with Crippen LogP contribution < -0.4 is 14.8 Å². The molecule has 1 atom stereocenters. The number of halogens is 2. The van der Waals surface area contributed by atoms with E-state index in [1.807, 2.05) is 12.1 Å². The first-order valence-electron chi connectivity index (χ1n) is 11.7. The number of piperazine rings is 1. The van der Waals surface area contributed by atoms with Crippen molar-refractivity contribution in [3.8, 4) is 11.5 Å². The highest BCUT2D eigenvalue weighted by Crippen LogP contribution is 2.35. The monoisotopic (exact) mass is 503 g/mol. The molecule has 2 amide bonds. The van der Waals surface area contributed by atoms with Crippen LogP contribution in [0.5, 0.6) is 11.5 Å². The van der Waals surface area contributed by atoms with E-state index in [0.29, 0.717) is 64.9 Å². The van der Waals surface area contributed by atoms with Gasteiger partial charge in [0.1, 0.15) is 0 Å². The summed E-state index contributed by atoms with van der Waals surface area (Å²) < 4.78 is 10.8. The fourth-order valence-electron chi connectivity index (χ4n) is 5.18. The average Bonchev–Trinajstić information content (AvgIpc) is 3.51. The molecule has 0 spiro atoms. The van der Waals surface area contributed by atoms with Gasteiger partial charge in [0.15, 0.2) is 11.5 Å². The van der Waals surface area contributed by atoms with Crippen LogP contribution in [0.15, 0.2) is 36.4 Å². The minimum Gasteiger partial charge on any atom is -0.454 e. The molecule has 2 aliphatic heterocycles. The van der Waals surface area contributed by atoms with Crippen molar-refractivity contribution < 1.29 is 19.1 Å². The fraction of sp³-hybridized carbons (Fsp3) is 0.440. The lowest BCUT2D eigenvalue weighted by molar-refractivity contribution is -0.123. The molecule has 0 bridgehead atoms. The zero-order valence-electron chi connectivity index (χ0n) is 18.8. The van der Waals surface area contributed by atoms with E-state index < -0.39 is 0 Å². The molecular formula is C25H27Cl2N3O4. The van der Waals surface area contributed by atoms with E-state index in [4.69, 9.17) is 32.7 Å². The zero-order valence-corrected chi connectivity index (χ0v) is 20.3.